The number of ether oxygens (including phenoxy) is 1. The fourth-order valence-electron chi connectivity index (χ4n) is 3.28. The Bertz CT molecular complexity index is 779. The molecule has 1 aromatic carbocycles. The molecular weight excluding hydrogens is 414 g/mol. The van der Waals surface area contributed by atoms with Gasteiger partial charge in [-0.25, -0.2) is 4.79 Å². The number of nitrogens with one attached hydrogen (secondary N) is 1. The van der Waals surface area contributed by atoms with E-state index in [0.29, 0.717) is 17.2 Å². The quantitative estimate of drug-likeness (QED) is 0.596. The molecule has 1 aliphatic carbocycles. The van der Waals surface area contributed by atoms with Gasteiger partial charge >= 0.3 is 5.97 Å². The first-order valence-electron chi connectivity index (χ1n) is 8.95. The van der Waals surface area contributed by atoms with Crippen molar-refractivity contribution in [2.45, 2.75) is 39.0 Å². The van der Waals surface area contributed by atoms with Gasteiger partial charge in [0.25, 0.3) is 0 Å². The fourth-order valence-corrected chi connectivity index (χ4v) is 4.50. The number of halogens is 1. The second-order valence-corrected chi connectivity index (χ2v) is 8.20. The highest BCUT2D eigenvalue weighted by molar-refractivity contribution is 9.10. The summed E-state index contributed by atoms with van der Waals surface area (Å²) < 4.78 is 6.22. The second kappa shape index (κ2) is 8.82. The van der Waals surface area contributed by atoms with Crippen molar-refractivity contribution < 1.29 is 14.3 Å². The molecule has 0 aliphatic heterocycles. The first-order chi connectivity index (χ1) is 12.6. The van der Waals surface area contributed by atoms with E-state index in [1.54, 1.807) is 6.92 Å². The zero-order chi connectivity index (χ0) is 18.5. The number of rotatable bonds is 5. The van der Waals surface area contributed by atoms with Crippen molar-refractivity contribution in [3.8, 4) is 11.1 Å². The van der Waals surface area contributed by atoms with E-state index in [9.17, 15) is 9.59 Å². The van der Waals surface area contributed by atoms with Gasteiger partial charge in [0.1, 0.15) is 10.6 Å². The number of benzene rings is 1. The van der Waals surface area contributed by atoms with Gasteiger partial charge in [-0.05, 0) is 37.5 Å². The predicted octanol–water partition coefficient (Wildman–Crippen LogP) is 5.87. The van der Waals surface area contributed by atoms with Crippen LogP contribution in [0, 0.1) is 5.92 Å². The molecule has 0 bridgehead atoms. The van der Waals surface area contributed by atoms with E-state index in [0.717, 1.165) is 41.3 Å². The van der Waals surface area contributed by atoms with E-state index in [2.05, 4.69) is 21.2 Å². The van der Waals surface area contributed by atoms with Crippen molar-refractivity contribution in [1.29, 1.82) is 0 Å². The third kappa shape index (κ3) is 4.35. The Kier molecular flexibility index (Phi) is 6.48. The maximum atomic E-state index is 12.6. The molecule has 26 heavy (non-hydrogen) atoms. The molecule has 3 rings (SSSR count). The molecular formula is C20H22BrNO3S. The average Bonchev–Trinajstić information content (AvgIpc) is 3.07. The van der Waals surface area contributed by atoms with E-state index in [1.807, 2.05) is 29.6 Å². The summed E-state index contributed by atoms with van der Waals surface area (Å²) in [6, 6.07) is 7.76. The van der Waals surface area contributed by atoms with Crippen molar-refractivity contribution in [3.05, 3.63) is 39.7 Å². The van der Waals surface area contributed by atoms with Crippen LogP contribution in [0.5, 0.6) is 0 Å². The van der Waals surface area contributed by atoms with Gasteiger partial charge in [0.15, 0.2) is 0 Å². The van der Waals surface area contributed by atoms with Crippen LogP contribution in [-0.2, 0) is 9.53 Å². The van der Waals surface area contributed by atoms with Gasteiger partial charge < -0.3 is 10.1 Å². The smallest absolute Gasteiger partial charge is 0.341 e. The minimum Gasteiger partial charge on any atom is -0.462 e. The summed E-state index contributed by atoms with van der Waals surface area (Å²) in [5.74, 6) is -0.345. The number of carbonyl (C=O) groups excluding carboxylic acids is 2. The lowest BCUT2D eigenvalue weighted by molar-refractivity contribution is -0.120. The van der Waals surface area contributed by atoms with Crippen LogP contribution in [0.25, 0.3) is 11.1 Å². The molecule has 1 fully saturated rings. The molecule has 0 atom stereocenters. The fraction of sp³-hybridized carbons (Fsp3) is 0.400. The van der Waals surface area contributed by atoms with Gasteiger partial charge in [-0.3, -0.25) is 4.79 Å². The zero-order valence-corrected chi connectivity index (χ0v) is 17.1. The molecule has 1 aliphatic rings. The number of anilines is 1. The van der Waals surface area contributed by atoms with Crippen LogP contribution in [-0.4, -0.2) is 18.5 Å². The molecule has 2 aromatic rings. The van der Waals surface area contributed by atoms with Gasteiger partial charge in [0.2, 0.25) is 5.91 Å². The zero-order valence-electron chi connectivity index (χ0n) is 14.7. The standard InChI is InChI=1S/C20H22BrNO3S/c1-2-25-20(24)17-16(13-8-10-15(21)11-9-13)12-26-19(17)22-18(23)14-6-4-3-5-7-14/h8-12,14H,2-7H2,1H3,(H,22,23). The lowest BCUT2D eigenvalue weighted by Gasteiger charge is -2.20. The molecule has 1 heterocycles. The number of carbonyl (C=O) groups is 2. The van der Waals surface area contributed by atoms with Crippen molar-refractivity contribution in [1.82, 2.24) is 0 Å². The maximum Gasteiger partial charge on any atom is 0.341 e. The van der Waals surface area contributed by atoms with Crippen molar-refractivity contribution in [2.24, 2.45) is 5.92 Å². The number of thiophene rings is 1. The van der Waals surface area contributed by atoms with E-state index >= 15 is 0 Å². The summed E-state index contributed by atoms with van der Waals surface area (Å²) >= 11 is 4.80. The Morgan fingerprint density at radius 1 is 1.19 bits per heavy atom. The number of amides is 1. The Hall–Kier alpha value is -1.66. The van der Waals surface area contributed by atoms with Gasteiger partial charge in [0.05, 0.1) is 6.61 Å². The summed E-state index contributed by atoms with van der Waals surface area (Å²) in [5, 5.41) is 5.48. The van der Waals surface area contributed by atoms with E-state index in [-0.39, 0.29) is 11.8 Å². The van der Waals surface area contributed by atoms with Gasteiger partial charge in [0, 0.05) is 21.3 Å². The predicted molar refractivity (Wildman–Crippen MR) is 109 cm³/mol. The van der Waals surface area contributed by atoms with Crippen LogP contribution in [0.1, 0.15) is 49.4 Å². The molecule has 0 spiro atoms. The SMILES string of the molecule is CCOC(=O)c1c(-c2ccc(Br)cc2)csc1NC(=O)C1CCCCC1. The van der Waals surface area contributed by atoms with Gasteiger partial charge in [-0.15, -0.1) is 11.3 Å². The van der Waals surface area contributed by atoms with Crippen molar-refractivity contribution in [2.75, 3.05) is 11.9 Å². The Morgan fingerprint density at radius 3 is 2.54 bits per heavy atom. The number of hydrogen-bond donors (Lipinski definition) is 1. The molecule has 1 saturated carbocycles. The van der Waals surface area contributed by atoms with Gasteiger partial charge in [-0.1, -0.05) is 47.3 Å². The van der Waals surface area contributed by atoms with Crippen LogP contribution in [0.15, 0.2) is 34.1 Å². The molecule has 138 valence electrons. The van der Waals surface area contributed by atoms with Crippen molar-refractivity contribution in [3.63, 3.8) is 0 Å². The molecule has 1 aromatic heterocycles. The summed E-state index contributed by atoms with van der Waals surface area (Å²) in [5.41, 5.74) is 2.16. The molecule has 0 saturated heterocycles. The van der Waals surface area contributed by atoms with Crippen LogP contribution in [0.4, 0.5) is 5.00 Å². The lowest BCUT2D eigenvalue weighted by atomic mass is 9.88. The number of esters is 1. The maximum absolute atomic E-state index is 12.6. The van der Waals surface area contributed by atoms with Crippen LogP contribution >= 0.6 is 27.3 Å². The Labute approximate surface area is 166 Å². The van der Waals surface area contributed by atoms with Gasteiger partial charge in [-0.2, -0.15) is 0 Å². The minimum atomic E-state index is -0.398. The summed E-state index contributed by atoms with van der Waals surface area (Å²) in [6.07, 6.45) is 5.23. The normalized spacial score (nSPS) is 14.8. The molecule has 1 amide bonds. The van der Waals surface area contributed by atoms with Crippen LogP contribution in [0.3, 0.4) is 0 Å². The van der Waals surface area contributed by atoms with E-state index in [4.69, 9.17) is 4.74 Å². The van der Waals surface area contributed by atoms with E-state index in [1.165, 1.54) is 17.8 Å². The molecule has 4 nitrogen and oxygen atoms in total. The third-order valence-corrected chi connectivity index (χ3v) is 6.06. The second-order valence-electron chi connectivity index (χ2n) is 6.41. The highest BCUT2D eigenvalue weighted by Gasteiger charge is 2.26. The highest BCUT2D eigenvalue weighted by Crippen LogP contribution is 2.37. The monoisotopic (exact) mass is 435 g/mol. The molecule has 1 N–H and O–H groups in total. The lowest BCUT2D eigenvalue weighted by Crippen LogP contribution is -2.25. The Balaban J connectivity index is 1.90. The Morgan fingerprint density at radius 2 is 1.88 bits per heavy atom. The van der Waals surface area contributed by atoms with Crippen LogP contribution < -0.4 is 5.32 Å². The molecule has 0 unspecified atom stereocenters. The average molecular weight is 436 g/mol. The third-order valence-electron chi connectivity index (χ3n) is 4.64. The van der Waals surface area contributed by atoms with Crippen molar-refractivity contribution >= 4 is 44.1 Å². The summed E-state index contributed by atoms with van der Waals surface area (Å²) in [4.78, 5) is 25.2. The highest BCUT2D eigenvalue weighted by atomic mass is 79.9. The summed E-state index contributed by atoms with van der Waals surface area (Å²) in [6.45, 7) is 2.08. The topological polar surface area (TPSA) is 55.4 Å². The summed E-state index contributed by atoms with van der Waals surface area (Å²) in [7, 11) is 0. The van der Waals surface area contributed by atoms with E-state index < -0.39 is 5.97 Å². The molecule has 0 radical (unpaired) electrons. The first kappa shape index (κ1) is 19.1. The number of hydrogen-bond acceptors (Lipinski definition) is 4. The minimum absolute atomic E-state index is 0.0134. The largest absolute Gasteiger partial charge is 0.462 e. The first-order valence-corrected chi connectivity index (χ1v) is 10.6. The molecule has 6 heteroatoms. The van der Waals surface area contributed by atoms with Crippen LogP contribution in [0.2, 0.25) is 0 Å².